The summed E-state index contributed by atoms with van der Waals surface area (Å²) in [5.41, 5.74) is 10.0. The van der Waals surface area contributed by atoms with Crippen molar-refractivity contribution in [2.75, 3.05) is 5.73 Å². The average Bonchev–Trinajstić information content (AvgIpc) is 3.01. The number of nitrogens with zero attached hydrogens (tertiary/aromatic N) is 1. The second-order valence-corrected chi connectivity index (χ2v) is 8.12. The molecule has 3 N–H and O–H groups in total. The van der Waals surface area contributed by atoms with Crippen molar-refractivity contribution in [2.45, 2.75) is 39.2 Å². The lowest BCUT2D eigenvalue weighted by molar-refractivity contribution is 0.0956. The lowest BCUT2D eigenvalue weighted by atomic mass is 9.85. The molecule has 27 heavy (non-hydrogen) atoms. The number of aromatic nitrogens is 1. The van der Waals surface area contributed by atoms with Gasteiger partial charge < -0.3 is 11.1 Å². The molecule has 0 bridgehead atoms. The van der Waals surface area contributed by atoms with E-state index in [-0.39, 0.29) is 11.7 Å². The van der Waals surface area contributed by atoms with E-state index < -0.39 is 0 Å². The molecule has 0 fully saturated rings. The van der Waals surface area contributed by atoms with Crippen LogP contribution in [0.5, 0.6) is 0 Å². The number of rotatable bonds is 4. The predicted molar refractivity (Wildman–Crippen MR) is 107 cm³/mol. The lowest BCUT2D eigenvalue weighted by Crippen LogP contribution is -2.22. The van der Waals surface area contributed by atoms with Gasteiger partial charge in [0.05, 0.1) is 5.69 Å². The Morgan fingerprint density at radius 3 is 2.89 bits per heavy atom. The molecule has 0 unspecified atom stereocenters. The number of hydrogen-bond acceptors (Lipinski definition) is 4. The first-order valence-electron chi connectivity index (χ1n) is 9.28. The molecule has 0 aliphatic heterocycles. The van der Waals surface area contributed by atoms with Crippen molar-refractivity contribution >= 4 is 33.1 Å². The zero-order valence-corrected chi connectivity index (χ0v) is 16.0. The number of thiophene rings is 1. The molecule has 3 aromatic rings. The van der Waals surface area contributed by atoms with Crippen molar-refractivity contribution in [1.29, 1.82) is 0 Å². The summed E-state index contributed by atoms with van der Waals surface area (Å²) >= 11 is 1.34. The van der Waals surface area contributed by atoms with Crippen molar-refractivity contribution in [1.82, 2.24) is 10.3 Å². The molecule has 1 aliphatic carbocycles. The molecule has 2 heterocycles. The number of carbonyl (C=O) groups excluding carboxylic acids is 1. The van der Waals surface area contributed by atoms with E-state index in [2.05, 4.69) is 18.3 Å². The maximum absolute atomic E-state index is 13.0. The van der Waals surface area contributed by atoms with Gasteiger partial charge in [-0.15, -0.1) is 11.3 Å². The molecule has 1 amide bonds. The molecule has 4 rings (SSSR count). The van der Waals surface area contributed by atoms with Gasteiger partial charge in [-0.1, -0.05) is 25.5 Å². The molecule has 0 saturated carbocycles. The Balaban J connectivity index is 1.57. The summed E-state index contributed by atoms with van der Waals surface area (Å²) < 4.78 is 13.0. The summed E-state index contributed by atoms with van der Waals surface area (Å²) in [6, 6.07) is 8.20. The molecule has 2 aromatic heterocycles. The number of halogens is 1. The van der Waals surface area contributed by atoms with Gasteiger partial charge in [0.1, 0.15) is 15.5 Å². The van der Waals surface area contributed by atoms with Gasteiger partial charge in [0.15, 0.2) is 0 Å². The van der Waals surface area contributed by atoms with Crippen LogP contribution in [0.3, 0.4) is 0 Å². The second kappa shape index (κ2) is 7.27. The first-order chi connectivity index (χ1) is 13.0. The third-order valence-electron chi connectivity index (χ3n) is 5.34. The summed E-state index contributed by atoms with van der Waals surface area (Å²) in [6.07, 6.45) is 4.38. The monoisotopic (exact) mass is 383 g/mol. The fraction of sp³-hybridized carbons (Fsp3) is 0.333. The average molecular weight is 383 g/mol. The maximum Gasteiger partial charge on any atom is 0.263 e. The standard InChI is InChI=1S/C21H22FN3OS/c1-2-12-5-8-17-14(9-12)10-16-18(23)19(27-21(16)25-17)20(26)24-11-13-3-6-15(22)7-4-13/h3-4,6-7,10,12H,2,5,8-9,11,23H2,1H3,(H,24,26)/t12-/m1/s1. The molecule has 1 aliphatic rings. The van der Waals surface area contributed by atoms with Crippen molar-refractivity contribution in [3.63, 3.8) is 0 Å². The molecule has 140 valence electrons. The molecule has 0 spiro atoms. The van der Waals surface area contributed by atoms with Crippen LogP contribution in [0.4, 0.5) is 10.1 Å². The normalized spacial score (nSPS) is 16.3. The van der Waals surface area contributed by atoms with E-state index in [1.54, 1.807) is 12.1 Å². The van der Waals surface area contributed by atoms with Crippen LogP contribution in [0.1, 0.15) is 46.3 Å². The molecule has 1 aromatic carbocycles. The van der Waals surface area contributed by atoms with Crippen molar-refractivity contribution < 1.29 is 9.18 Å². The Morgan fingerprint density at radius 1 is 1.37 bits per heavy atom. The van der Waals surface area contributed by atoms with Crippen LogP contribution in [0.2, 0.25) is 0 Å². The second-order valence-electron chi connectivity index (χ2n) is 7.12. The van der Waals surface area contributed by atoms with Crippen LogP contribution in [-0.2, 0) is 19.4 Å². The Morgan fingerprint density at radius 2 is 2.15 bits per heavy atom. The summed E-state index contributed by atoms with van der Waals surface area (Å²) in [5, 5.41) is 3.74. The van der Waals surface area contributed by atoms with Crippen molar-refractivity contribution in [3.8, 4) is 0 Å². The zero-order chi connectivity index (χ0) is 19.0. The van der Waals surface area contributed by atoms with E-state index >= 15 is 0 Å². The molecule has 0 saturated heterocycles. The fourth-order valence-electron chi connectivity index (χ4n) is 3.65. The summed E-state index contributed by atoms with van der Waals surface area (Å²) in [6.45, 7) is 2.55. The maximum atomic E-state index is 13.0. The Hall–Kier alpha value is -2.47. The van der Waals surface area contributed by atoms with E-state index in [0.717, 1.165) is 34.3 Å². The number of aryl methyl sites for hydroxylation is 1. The van der Waals surface area contributed by atoms with Gasteiger partial charge in [0.25, 0.3) is 5.91 Å². The van der Waals surface area contributed by atoms with E-state index in [1.165, 1.54) is 41.9 Å². The number of nitrogens with two attached hydrogens (primary N) is 1. The number of hydrogen-bond donors (Lipinski definition) is 2. The SMILES string of the molecule is CC[C@@H]1CCc2nc3sc(C(=O)NCc4ccc(F)cc4)c(N)c3cc2C1. The van der Waals surface area contributed by atoms with Crippen LogP contribution in [0.25, 0.3) is 10.2 Å². The number of anilines is 1. The van der Waals surface area contributed by atoms with Crippen LogP contribution < -0.4 is 11.1 Å². The minimum Gasteiger partial charge on any atom is -0.397 e. The van der Waals surface area contributed by atoms with Crippen LogP contribution in [-0.4, -0.2) is 10.9 Å². The minimum absolute atomic E-state index is 0.218. The zero-order valence-electron chi connectivity index (χ0n) is 15.2. The summed E-state index contributed by atoms with van der Waals surface area (Å²) in [4.78, 5) is 18.7. The minimum atomic E-state index is -0.292. The third kappa shape index (κ3) is 3.54. The van der Waals surface area contributed by atoms with E-state index in [9.17, 15) is 9.18 Å². The van der Waals surface area contributed by atoms with Crippen molar-refractivity contribution in [3.05, 3.63) is 57.8 Å². The molecule has 1 atom stereocenters. The van der Waals surface area contributed by atoms with Gasteiger partial charge in [-0.25, -0.2) is 9.37 Å². The van der Waals surface area contributed by atoms with Gasteiger partial charge in [0, 0.05) is 17.6 Å². The predicted octanol–water partition coefficient (Wildman–Crippen LogP) is 4.46. The van der Waals surface area contributed by atoms with Gasteiger partial charge in [-0.2, -0.15) is 0 Å². The smallest absolute Gasteiger partial charge is 0.263 e. The Kier molecular flexibility index (Phi) is 4.83. The fourth-order valence-corrected chi connectivity index (χ4v) is 4.66. The molecule has 6 heteroatoms. The van der Waals surface area contributed by atoms with Gasteiger partial charge in [-0.3, -0.25) is 4.79 Å². The first-order valence-corrected chi connectivity index (χ1v) is 10.1. The van der Waals surface area contributed by atoms with Crippen LogP contribution in [0.15, 0.2) is 30.3 Å². The van der Waals surface area contributed by atoms with Gasteiger partial charge >= 0.3 is 0 Å². The quantitative estimate of drug-likeness (QED) is 0.699. The largest absolute Gasteiger partial charge is 0.397 e. The molecule has 0 radical (unpaired) electrons. The number of benzene rings is 1. The van der Waals surface area contributed by atoms with Crippen LogP contribution in [0, 0.1) is 11.7 Å². The topological polar surface area (TPSA) is 68.0 Å². The Labute approximate surface area is 161 Å². The van der Waals surface area contributed by atoms with Gasteiger partial charge in [0.2, 0.25) is 0 Å². The first kappa shape index (κ1) is 17.9. The number of nitrogen functional groups attached to an aromatic ring is 1. The molecular weight excluding hydrogens is 361 g/mol. The van der Waals surface area contributed by atoms with E-state index in [1.807, 2.05) is 0 Å². The molecular formula is C21H22FN3OS. The number of carbonyl (C=O) groups is 1. The van der Waals surface area contributed by atoms with Crippen molar-refractivity contribution in [2.24, 2.45) is 5.92 Å². The third-order valence-corrected chi connectivity index (χ3v) is 6.45. The van der Waals surface area contributed by atoms with E-state index in [0.29, 0.717) is 23.0 Å². The Bertz CT molecular complexity index is 997. The van der Waals surface area contributed by atoms with E-state index in [4.69, 9.17) is 10.7 Å². The highest BCUT2D eigenvalue weighted by molar-refractivity contribution is 7.21. The highest BCUT2D eigenvalue weighted by atomic mass is 32.1. The summed E-state index contributed by atoms with van der Waals surface area (Å²) in [7, 11) is 0. The highest BCUT2D eigenvalue weighted by Crippen LogP contribution is 2.36. The van der Waals surface area contributed by atoms with Crippen LogP contribution >= 0.6 is 11.3 Å². The summed E-state index contributed by atoms with van der Waals surface area (Å²) in [5.74, 6) is 0.193. The molecule has 4 nitrogen and oxygen atoms in total. The highest BCUT2D eigenvalue weighted by Gasteiger charge is 2.23. The number of pyridine rings is 1. The van der Waals surface area contributed by atoms with Gasteiger partial charge in [-0.05, 0) is 54.5 Å². The number of amides is 1. The number of nitrogens with one attached hydrogen (secondary N) is 1. The lowest BCUT2D eigenvalue weighted by Gasteiger charge is -2.22. The number of fused-ring (bicyclic) bond motifs is 2.